The van der Waals surface area contributed by atoms with Crippen molar-refractivity contribution in [2.75, 3.05) is 7.11 Å². The van der Waals surface area contributed by atoms with Crippen molar-refractivity contribution in [3.63, 3.8) is 0 Å². The first-order chi connectivity index (χ1) is 14.7. The van der Waals surface area contributed by atoms with Gasteiger partial charge in [-0.3, -0.25) is 9.36 Å². The third kappa shape index (κ3) is 3.08. The first-order valence-corrected chi connectivity index (χ1v) is 11.0. The minimum absolute atomic E-state index is 0.219. The SMILES string of the molecule is COc1ccc(-n2c(=O)c3c4c(sc3n(Cc3ccccc3)c2=O)CCCC4)cc1. The standard InChI is InChI=1S/C24H22N2O3S/c1-29-18-13-11-17(12-14-18)26-22(27)21-19-9-5-6-10-20(19)30-23(21)25(24(26)28)15-16-7-3-2-4-8-16/h2-4,7-8,11-14H,5-6,9-10,15H2,1H3. The highest BCUT2D eigenvalue weighted by atomic mass is 32.1. The topological polar surface area (TPSA) is 53.2 Å². The van der Waals surface area contributed by atoms with Crippen LogP contribution >= 0.6 is 11.3 Å². The summed E-state index contributed by atoms with van der Waals surface area (Å²) in [6.45, 7) is 0.437. The van der Waals surface area contributed by atoms with Crippen LogP contribution in [0.5, 0.6) is 5.75 Å². The van der Waals surface area contributed by atoms with E-state index in [0.29, 0.717) is 23.4 Å². The molecule has 0 spiro atoms. The molecule has 0 fully saturated rings. The molecule has 1 aliphatic carbocycles. The first-order valence-electron chi connectivity index (χ1n) is 10.2. The maximum atomic E-state index is 13.6. The summed E-state index contributed by atoms with van der Waals surface area (Å²) in [5.41, 5.74) is 2.21. The Morgan fingerprint density at radius 2 is 1.70 bits per heavy atom. The second-order valence-corrected chi connectivity index (χ2v) is 8.67. The molecule has 152 valence electrons. The Morgan fingerprint density at radius 1 is 0.967 bits per heavy atom. The third-order valence-electron chi connectivity index (χ3n) is 5.75. The zero-order valence-electron chi connectivity index (χ0n) is 16.8. The zero-order valence-corrected chi connectivity index (χ0v) is 17.6. The monoisotopic (exact) mass is 418 g/mol. The van der Waals surface area contributed by atoms with Gasteiger partial charge in [0.1, 0.15) is 10.6 Å². The Hall–Kier alpha value is -3.12. The maximum absolute atomic E-state index is 13.6. The van der Waals surface area contributed by atoms with Gasteiger partial charge in [0.25, 0.3) is 5.56 Å². The lowest BCUT2D eigenvalue weighted by atomic mass is 9.97. The normalized spacial score (nSPS) is 13.4. The van der Waals surface area contributed by atoms with E-state index in [1.54, 1.807) is 47.3 Å². The molecule has 1 aliphatic rings. The van der Waals surface area contributed by atoms with E-state index in [0.717, 1.165) is 41.6 Å². The van der Waals surface area contributed by atoms with Crippen LogP contribution in [0.3, 0.4) is 0 Å². The fourth-order valence-corrected chi connectivity index (χ4v) is 5.61. The van der Waals surface area contributed by atoms with Crippen molar-refractivity contribution in [2.24, 2.45) is 0 Å². The number of aryl methyl sites for hydroxylation is 2. The van der Waals surface area contributed by atoms with Crippen molar-refractivity contribution < 1.29 is 4.74 Å². The Kier molecular flexibility index (Phi) is 4.79. The number of methoxy groups -OCH3 is 1. The van der Waals surface area contributed by atoms with Gasteiger partial charge in [-0.1, -0.05) is 30.3 Å². The van der Waals surface area contributed by atoms with Crippen molar-refractivity contribution >= 4 is 21.6 Å². The van der Waals surface area contributed by atoms with E-state index >= 15 is 0 Å². The number of ether oxygens (including phenoxy) is 1. The number of benzene rings is 2. The number of rotatable bonds is 4. The van der Waals surface area contributed by atoms with Crippen LogP contribution in [0.4, 0.5) is 0 Å². The van der Waals surface area contributed by atoms with Crippen molar-refractivity contribution in [1.29, 1.82) is 0 Å². The number of fused-ring (bicyclic) bond motifs is 3. The Labute approximate surface area is 177 Å². The average molecular weight is 419 g/mol. The Balaban J connectivity index is 1.81. The van der Waals surface area contributed by atoms with Gasteiger partial charge in [-0.25, -0.2) is 9.36 Å². The molecule has 6 heteroatoms. The van der Waals surface area contributed by atoms with Crippen LogP contribution in [0.2, 0.25) is 0 Å². The molecule has 5 rings (SSSR count). The second kappa shape index (κ2) is 7.61. The number of aromatic nitrogens is 2. The van der Waals surface area contributed by atoms with Crippen LogP contribution in [-0.4, -0.2) is 16.2 Å². The molecular formula is C24H22N2O3S. The molecule has 0 saturated heterocycles. The molecular weight excluding hydrogens is 396 g/mol. The number of thiophene rings is 1. The smallest absolute Gasteiger partial charge is 0.337 e. The fraction of sp³-hybridized carbons (Fsp3) is 0.250. The van der Waals surface area contributed by atoms with Gasteiger partial charge in [0.05, 0.1) is 24.7 Å². The molecule has 4 aromatic rings. The zero-order chi connectivity index (χ0) is 20.7. The van der Waals surface area contributed by atoms with Gasteiger partial charge in [0.2, 0.25) is 0 Å². The predicted octanol–water partition coefficient (Wildman–Crippen LogP) is 4.15. The predicted molar refractivity (Wildman–Crippen MR) is 120 cm³/mol. The molecule has 30 heavy (non-hydrogen) atoms. The summed E-state index contributed by atoms with van der Waals surface area (Å²) in [7, 11) is 1.59. The van der Waals surface area contributed by atoms with E-state index in [2.05, 4.69) is 0 Å². The summed E-state index contributed by atoms with van der Waals surface area (Å²) in [4.78, 5) is 29.2. The van der Waals surface area contributed by atoms with Crippen molar-refractivity contribution in [3.05, 3.63) is 91.4 Å². The average Bonchev–Trinajstić information content (AvgIpc) is 3.18. The summed E-state index contributed by atoms with van der Waals surface area (Å²) in [5.74, 6) is 0.686. The van der Waals surface area contributed by atoms with E-state index in [-0.39, 0.29) is 11.2 Å². The van der Waals surface area contributed by atoms with Crippen molar-refractivity contribution in [3.8, 4) is 11.4 Å². The van der Waals surface area contributed by atoms with Crippen LogP contribution in [0.1, 0.15) is 28.8 Å². The molecule has 0 atom stereocenters. The summed E-state index contributed by atoms with van der Waals surface area (Å²) in [6.07, 6.45) is 4.10. The molecule has 0 radical (unpaired) electrons. The number of nitrogens with zero attached hydrogens (tertiary/aromatic N) is 2. The molecule has 0 unspecified atom stereocenters. The molecule has 2 aromatic carbocycles. The summed E-state index contributed by atoms with van der Waals surface area (Å²) in [6, 6.07) is 17.0. The van der Waals surface area contributed by atoms with E-state index in [1.807, 2.05) is 30.3 Å². The van der Waals surface area contributed by atoms with E-state index < -0.39 is 0 Å². The molecule has 5 nitrogen and oxygen atoms in total. The molecule has 0 bridgehead atoms. The second-order valence-electron chi connectivity index (χ2n) is 7.58. The lowest BCUT2D eigenvalue weighted by molar-refractivity contribution is 0.414. The highest BCUT2D eigenvalue weighted by Crippen LogP contribution is 2.34. The highest BCUT2D eigenvalue weighted by Gasteiger charge is 2.24. The largest absolute Gasteiger partial charge is 0.497 e. The van der Waals surface area contributed by atoms with E-state index in [1.165, 1.54) is 9.44 Å². The molecule has 0 N–H and O–H groups in total. The summed E-state index contributed by atoms with van der Waals surface area (Å²) in [5, 5.41) is 0.709. The van der Waals surface area contributed by atoms with Gasteiger partial charge in [-0.05, 0) is 61.1 Å². The minimum Gasteiger partial charge on any atom is -0.497 e. The van der Waals surface area contributed by atoms with Crippen LogP contribution < -0.4 is 16.0 Å². The quantitative estimate of drug-likeness (QED) is 0.500. The van der Waals surface area contributed by atoms with Crippen LogP contribution in [-0.2, 0) is 19.4 Å². The Morgan fingerprint density at radius 3 is 2.43 bits per heavy atom. The molecule has 2 heterocycles. The molecule has 2 aromatic heterocycles. The number of hydrogen-bond donors (Lipinski definition) is 0. The molecule has 0 aliphatic heterocycles. The molecule has 0 amide bonds. The summed E-state index contributed by atoms with van der Waals surface area (Å²) >= 11 is 1.61. The van der Waals surface area contributed by atoms with E-state index in [4.69, 9.17) is 4.74 Å². The number of hydrogen-bond acceptors (Lipinski definition) is 4. The summed E-state index contributed by atoms with van der Waals surface area (Å²) < 4.78 is 8.31. The maximum Gasteiger partial charge on any atom is 0.337 e. The minimum atomic E-state index is -0.305. The van der Waals surface area contributed by atoms with Crippen LogP contribution in [0.15, 0.2) is 64.2 Å². The third-order valence-corrected chi connectivity index (χ3v) is 7.07. The van der Waals surface area contributed by atoms with Crippen LogP contribution in [0.25, 0.3) is 15.9 Å². The van der Waals surface area contributed by atoms with Gasteiger partial charge in [-0.2, -0.15) is 0 Å². The van der Waals surface area contributed by atoms with Gasteiger partial charge in [-0.15, -0.1) is 11.3 Å². The lowest BCUT2D eigenvalue weighted by Crippen LogP contribution is -2.39. The van der Waals surface area contributed by atoms with Gasteiger partial charge < -0.3 is 4.74 Å². The van der Waals surface area contributed by atoms with Gasteiger partial charge in [0.15, 0.2) is 0 Å². The first kappa shape index (κ1) is 18.9. The van der Waals surface area contributed by atoms with Gasteiger partial charge in [0, 0.05) is 4.88 Å². The molecule has 0 saturated carbocycles. The van der Waals surface area contributed by atoms with E-state index in [9.17, 15) is 9.59 Å². The van der Waals surface area contributed by atoms with Crippen LogP contribution in [0, 0.1) is 0 Å². The van der Waals surface area contributed by atoms with Crippen molar-refractivity contribution in [2.45, 2.75) is 32.2 Å². The van der Waals surface area contributed by atoms with Crippen molar-refractivity contribution in [1.82, 2.24) is 9.13 Å². The fourth-order valence-electron chi connectivity index (χ4n) is 4.23. The highest BCUT2D eigenvalue weighted by molar-refractivity contribution is 7.18. The lowest BCUT2D eigenvalue weighted by Gasteiger charge is -2.14. The van der Waals surface area contributed by atoms with Gasteiger partial charge >= 0.3 is 5.69 Å². The Bertz CT molecular complexity index is 1330.